The van der Waals surface area contributed by atoms with Crippen LogP contribution in [0.4, 0.5) is 0 Å². The summed E-state index contributed by atoms with van der Waals surface area (Å²) in [6.07, 6.45) is -0.404. The van der Waals surface area contributed by atoms with Crippen molar-refractivity contribution < 1.29 is 14.6 Å². The van der Waals surface area contributed by atoms with Crippen molar-refractivity contribution in [3.05, 3.63) is 71.8 Å². The first-order valence-corrected chi connectivity index (χ1v) is 7.12. The second-order valence-corrected chi connectivity index (χ2v) is 4.98. The van der Waals surface area contributed by atoms with Crippen LogP contribution in [0.5, 0.6) is 0 Å². The molecule has 1 unspecified atom stereocenters. The molecule has 0 heterocycles. The van der Waals surface area contributed by atoms with Gasteiger partial charge in [0.05, 0.1) is 0 Å². The van der Waals surface area contributed by atoms with Crippen LogP contribution in [0, 0.1) is 0 Å². The highest BCUT2D eigenvalue weighted by Gasteiger charge is 2.39. The maximum atomic E-state index is 11.6. The van der Waals surface area contributed by atoms with Crippen molar-refractivity contribution in [2.75, 3.05) is 0 Å². The van der Waals surface area contributed by atoms with E-state index in [1.54, 1.807) is 13.8 Å². The SMILES string of the molecule is CCC(=O)OC(C)C(O)(c1ccccc1)c1ccccc1. The van der Waals surface area contributed by atoms with Crippen molar-refractivity contribution in [2.45, 2.75) is 32.0 Å². The molecule has 0 aliphatic rings. The Morgan fingerprint density at radius 1 is 1.05 bits per heavy atom. The number of carbonyl (C=O) groups is 1. The molecule has 1 N–H and O–H groups in total. The van der Waals surface area contributed by atoms with Crippen LogP contribution in [0.1, 0.15) is 31.4 Å². The molecule has 0 fully saturated rings. The molecule has 1 atom stereocenters. The lowest BCUT2D eigenvalue weighted by atomic mass is 9.82. The summed E-state index contributed by atoms with van der Waals surface area (Å²) in [5.41, 5.74) is 0.0353. The number of esters is 1. The molecule has 0 bridgehead atoms. The fourth-order valence-electron chi connectivity index (χ4n) is 2.39. The van der Waals surface area contributed by atoms with Crippen molar-refractivity contribution >= 4 is 5.97 Å². The Labute approximate surface area is 125 Å². The number of hydrogen-bond donors (Lipinski definition) is 1. The monoisotopic (exact) mass is 284 g/mol. The number of carbonyl (C=O) groups excluding carboxylic acids is 1. The Hall–Kier alpha value is -2.13. The van der Waals surface area contributed by atoms with Gasteiger partial charge in [0.25, 0.3) is 0 Å². The van der Waals surface area contributed by atoms with Gasteiger partial charge in [-0.1, -0.05) is 67.6 Å². The van der Waals surface area contributed by atoms with Gasteiger partial charge in [0.2, 0.25) is 0 Å². The Kier molecular flexibility index (Phi) is 4.76. The van der Waals surface area contributed by atoms with E-state index in [9.17, 15) is 9.90 Å². The Balaban J connectivity index is 2.47. The van der Waals surface area contributed by atoms with E-state index in [1.807, 2.05) is 60.7 Å². The topological polar surface area (TPSA) is 46.5 Å². The van der Waals surface area contributed by atoms with E-state index in [-0.39, 0.29) is 12.4 Å². The molecule has 0 aliphatic carbocycles. The van der Waals surface area contributed by atoms with Crippen molar-refractivity contribution in [3.63, 3.8) is 0 Å². The Bertz CT molecular complexity index is 538. The molecular weight excluding hydrogens is 264 g/mol. The predicted molar refractivity (Wildman–Crippen MR) is 81.7 cm³/mol. The highest BCUT2D eigenvalue weighted by Crippen LogP contribution is 2.34. The zero-order valence-corrected chi connectivity index (χ0v) is 12.3. The van der Waals surface area contributed by atoms with E-state index >= 15 is 0 Å². The quantitative estimate of drug-likeness (QED) is 0.857. The average molecular weight is 284 g/mol. The van der Waals surface area contributed by atoms with Crippen molar-refractivity contribution in [1.82, 2.24) is 0 Å². The van der Waals surface area contributed by atoms with Crippen LogP contribution in [0.25, 0.3) is 0 Å². The van der Waals surface area contributed by atoms with Crippen LogP contribution in [0.2, 0.25) is 0 Å². The van der Waals surface area contributed by atoms with Gasteiger partial charge in [-0.2, -0.15) is 0 Å². The van der Waals surface area contributed by atoms with E-state index in [0.717, 1.165) is 0 Å². The van der Waals surface area contributed by atoms with Crippen LogP contribution in [-0.4, -0.2) is 17.2 Å². The molecule has 21 heavy (non-hydrogen) atoms. The molecule has 0 amide bonds. The van der Waals surface area contributed by atoms with Gasteiger partial charge in [-0.05, 0) is 18.1 Å². The summed E-state index contributed by atoms with van der Waals surface area (Å²) in [4.78, 5) is 11.6. The minimum atomic E-state index is -1.37. The highest BCUT2D eigenvalue weighted by molar-refractivity contribution is 5.69. The van der Waals surface area contributed by atoms with E-state index in [1.165, 1.54) is 0 Å². The third-order valence-electron chi connectivity index (χ3n) is 3.61. The molecule has 2 aromatic carbocycles. The number of rotatable bonds is 5. The molecule has 2 rings (SSSR count). The van der Waals surface area contributed by atoms with Crippen LogP contribution < -0.4 is 0 Å². The minimum absolute atomic E-state index is 0.282. The van der Waals surface area contributed by atoms with Gasteiger partial charge in [-0.25, -0.2) is 0 Å². The van der Waals surface area contributed by atoms with Gasteiger partial charge in [-0.15, -0.1) is 0 Å². The fraction of sp³-hybridized carbons (Fsp3) is 0.278. The van der Waals surface area contributed by atoms with Crippen molar-refractivity contribution in [2.24, 2.45) is 0 Å². The standard InChI is InChI=1S/C18H20O3/c1-3-17(19)21-14(2)18(20,15-10-6-4-7-11-15)16-12-8-5-9-13-16/h4-14,20H,3H2,1-2H3. The maximum absolute atomic E-state index is 11.6. The first kappa shape index (κ1) is 15.3. The first-order valence-electron chi connectivity index (χ1n) is 7.12. The lowest BCUT2D eigenvalue weighted by Gasteiger charge is -2.34. The summed E-state index contributed by atoms with van der Waals surface area (Å²) < 4.78 is 5.38. The Morgan fingerprint density at radius 2 is 1.48 bits per heavy atom. The van der Waals surface area contributed by atoms with E-state index in [0.29, 0.717) is 11.1 Å². The highest BCUT2D eigenvalue weighted by atomic mass is 16.6. The molecule has 0 radical (unpaired) electrons. The Morgan fingerprint density at radius 3 is 1.86 bits per heavy atom. The summed E-state index contributed by atoms with van der Waals surface area (Å²) in [6, 6.07) is 18.6. The molecule has 3 heteroatoms. The molecule has 3 nitrogen and oxygen atoms in total. The summed E-state index contributed by atoms with van der Waals surface area (Å²) in [7, 11) is 0. The summed E-state index contributed by atoms with van der Waals surface area (Å²) >= 11 is 0. The molecular formula is C18H20O3. The van der Waals surface area contributed by atoms with Crippen molar-refractivity contribution in [1.29, 1.82) is 0 Å². The van der Waals surface area contributed by atoms with Gasteiger partial charge in [-0.3, -0.25) is 4.79 Å². The molecule has 0 saturated heterocycles. The lowest BCUT2D eigenvalue weighted by Crippen LogP contribution is -2.41. The van der Waals surface area contributed by atoms with Crippen LogP contribution in [0.15, 0.2) is 60.7 Å². The number of hydrogen-bond acceptors (Lipinski definition) is 3. The first-order chi connectivity index (χ1) is 10.1. The predicted octanol–water partition coefficient (Wildman–Crippen LogP) is 3.26. The molecule has 110 valence electrons. The maximum Gasteiger partial charge on any atom is 0.305 e. The number of benzene rings is 2. The van der Waals surface area contributed by atoms with E-state index < -0.39 is 11.7 Å². The van der Waals surface area contributed by atoms with E-state index in [4.69, 9.17) is 4.74 Å². The normalized spacial score (nSPS) is 12.7. The number of aliphatic hydroxyl groups is 1. The van der Waals surface area contributed by atoms with Gasteiger partial charge in [0, 0.05) is 6.42 Å². The second kappa shape index (κ2) is 6.55. The van der Waals surface area contributed by atoms with Gasteiger partial charge in [0.15, 0.2) is 5.60 Å². The average Bonchev–Trinajstić information content (AvgIpc) is 2.55. The summed E-state index contributed by atoms with van der Waals surface area (Å²) in [5, 5.41) is 11.3. The fourth-order valence-corrected chi connectivity index (χ4v) is 2.39. The molecule has 0 aliphatic heterocycles. The molecule has 0 spiro atoms. The summed E-state index contributed by atoms with van der Waals surface area (Å²) in [5.74, 6) is -0.326. The lowest BCUT2D eigenvalue weighted by molar-refractivity contribution is -0.159. The third kappa shape index (κ3) is 3.14. The second-order valence-electron chi connectivity index (χ2n) is 4.98. The number of ether oxygens (including phenoxy) is 1. The zero-order valence-electron chi connectivity index (χ0n) is 12.3. The van der Waals surface area contributed by atoms with E-state index in [2.05, 4.69) is 0 Å². The van der Waals surface area contributed by atoms with Crippen LogP contribution in [0.3, 0.4) is 0 Å². The van der Waals surface area contributed by atoms with Crippen molar-refractivity contribution in [3.8, 4) is 0 Å². The van der Waals surface area contributed by atoms with Gasteiger partial charge >= 0.3 is 5.97 Å². The largest absolute Gasteiger partial charge is 0.459 e. The minimum Gasteiger partial charge on any atom is -0.459 e. The zero-order chi connectivity index (χ0) is 15.3. The van der Waals surface area contributed by atoms with Gasteiger partial charge in [0.1, 0.15) is 6.10 Å². The van der Waals surface area contributed by atoms with Gasteiger partial charge < -0.3 is 9.84 Å². The summed E-state index contributed by atoms with van der Waals surface area (Å²) in [6.45, 7) is 3.45. The third-order valence-corrected chi connectivity index (χ3v) is 3.61. The van der Waals surface area contributed by atoms with Crippen LogP contribution in [-0.2, 0) is 15.1 Å². The molecule has 0 aromatic heterocycles. The smallest absolute Gasteiger partial charge is 0.305 e. The molecule has 0 saturated carbocycles. The molecule has 2 aromatic rings. The van der Waals surface area contributed by atoms with Crippen LogP contribution >= 0.6 is 0 Å².